The molecule has 0 bridgehead atoms. The molecule has 0 saturated carbocycles. The second kappa shape index (κ2) is 4.10. The summed E-state index contributed by atoms with van der Waals surface area (Å²) in [6.45, 7) is 4.11. The lowest BCUT2D eigenvalue weighted by Gasteiger charge is -2.12. The molecule has 0 aliphatic carbocycles. The standard InChI is InChI=1S/C13H17N3/c1-9-4-6-11(7-5-9)13(14)12-8-15-16(3)10(12)2/h4-8,13H,14H2,1-3H3. The maximum absolute atomic E-state index is 6.23. The summed E-state index contributed by atoms with van der Waals surface area (Å²) in [4.78, 5) is 0. The van der Waals surface area contributed by atoms with E-state index >= 15 is 0 Å². The van der Waals surface area contributed by atoms with Crippen LogP contribution in [0.4, 0.5) is 0 Å². The Hall–Kier alpha value is -1.61. The molecular weight excluding hydrogens is 198 g/mol. The van der Waals surface area contributed by atoms with Gasteiger partial charge in [-0.2, -0.15) is 5.10 Å². The van der Waals surface area contributed by atoms with E-state index in [-0.39, 0.29) is 6.04 Å². The van der Waals surface area contributed by atoms with Crippen molar-refractivity contribution in [1.29, 1.82) is 0 Å². The van der Waals surface area contributed by atoms with Crippen LogP contribution in [-0.2, 0) is 7.05 Å². The Morgan fingerprint density at radius 1 is 1.19 bits per heavy atom. The first-order chi connectivity index (χ1) is 7.59. The molecule has 0 spiro atoms. The molecule has 1 unspecified atom stereocenters. The van der Waals surface area contributed by atoms with Gasteiger partial charge >= 0.3 is 0 Å². The number of aromatic nitrogens is 2. The highest BCUT2D eigenvalue weighted by Crippen LogP contribution is 2.22. The highest BCUT2D eigenvalue weighted by molar-refractivity contribution is 5.33. The quantitative estimate of drug-likeness (QED) is 0.833. The molecule has 0 saturated heterocycles. The van der Waals surface area contributed by atoms with E-state index in [0.717, 1.165) is 16.8 Å². The fraction of sp³-hybridized carbons (Fsp3) is 0.308. The van der Waals surface area contributed by atoms with Gasteiger partial charge in [0.05, 0.1) is 12.2 Å². The van der Waals surface area contributed by atoms with Gasteiger partial charge in [-0.15, -0.1) is 0 Å². The molecule has 1 aromatic carbocycles. The molecule has 84 valence electrons. The fourth-order valence-corrected chi connectivity index (χ4v) is 1.77. The third kappa shape index (κ3) is 1.86. The van der Waals surface area contributed by atoms with Crippen LogP contribution in [-0.4, -0.2) is 9.78 Å². The molecule has 0 aliphatic heterocycles. The van der Waals surface area contributed by atoms with Crippen LogP contribution in [0.2, 0.25) is 0 Å². The predicted molar refractivity (Wildman–Crippen MR) is 65.2 cm³/mol. The van der Waals surface area contributed by atoms with Crippen LogP contribution in [0.1, 0.15) is 28.4 Å². The van der Waals surface area contributed by atoms with Crippen molar-refractivity contribution in [2.45, 2.75) is 19.9 Å². The smallest absolute Gasteiger partial charge is 0.0585 e. The van der Waals surface area contributed by atoms with Crippen LogP contribution in [0.3, 0.4) is 0 Å². The Balaban J connectivity index is 2.35. The van der Waals surface area contributed by atoms with Gasteiger partial charge in [-0.05, 0) is 19.4 Å². The summed E-state index contributed by atoms with van der Waals surface area (Å²) < 4.78 is 1.85. The summed E-state index contributed by atoms with van der Waals surface area (Å²) in [5.74, 6) is 0. The third-order valence-electron chi connectivity index (χ3n) is 3.04. The SMILES string of the molecule is Cc1ccc(C(N)c2cnn(C)c2C)cc1. The van der Waals surface area contributed by atoms with Gasteiger partial charge < -0.3 is 5.73 Å². The minimum Gasteiger partial charge on any atom is -0.320 e. The van der Waals surface area contributed by atoms with E-state index in [2.05, 4.69) is 36.3 Å². The van der Waals surface area contributed by atoms with Gasteiger partial charge in [0.1, 0.15) is 0 Å². The zero-order valence-corrected chi connectivity index (χ0v) is 9.94. The number of hydrogen-bond acceptors (Lipinski definition) is 2. The van der Waals surface area contributed by atoms with E-state index in [0.29, 0.717) is 0 Å². The van der Waals surface area contributed by atoms with Crippen LogP contribution in [0.25, 0.3) is 0 Å². The zero-order chi connectivity index (χ0) is 11.7. The Morgan fingerprint density at radius 3 is 2.31 bits per heavy atom. The second-order valence-corrected chi connectivity index (χ2v) is 4.20. The van der Waals surface area contributed by atoms with Crippen LogP contribution in [0.15, 0.2) is 30.5 Å². The molecule has 16 heavy (non-hydrogen) atoms. The normalized spacial score (nSPS) is 12.8. The number of aryl methyl sites for hydroxylation is 2. The fourth-order valence-electron chi connectivity index (χ4n) is 1.77. The van der Waals surface area contributed by atoms with Crippen molar-refractivity contribution in [3.63, 3.8) is 0 Å². The largest absolute Gasteiger partial charge is 0.320 e. The summed E-state index contributed by atoms with van der Waals surface area (Å²) >= 11 is 0. The van der Waals surface area contributed by atoms with Crippen molar-refractivity contribution < 1.29 is 0 Å². The Morgan fingerprint density at radius 2 is 1.81 bits per heavy atom. The summed E-state index contributed by atoms with van der Waals surface area (Å²) in [7, 11) is 1.93. The van der Waals surface area contributed by atoms with Gasteiger partial charge in [-0.3, -0.25) is 4.68 Å². The molecule has 3 nitrogen and oxygen atoms in total. The highest BCUT2D eigenvalue weighted by Gasteiger charge is 2.13. The molecule has 1 atom stereocenters. The molecule has 3 heteroatoms. The minimum atomic E-state index is -0.0886. The van der Waals surface area contributed by atoms with Gasteiger partial charge in [0.25, 0.3) is 0 Å². The van der Waals surface area contributed by atoms with Gasteiger partial charge in [0.2, 0.25) is 0 Å². The number of benzene rings is 1. The lowest BCUT2D eigenvalue weighted by molar-refractivity contribution is 0.734. The van der Waals surface area contributed by atoms with Crippen molar-refractivity contribution in [3.8, 4) is 0 Å². The van der Waals surface area contributed by atoms with Crippen LogP contribution >= 0.6 is 0 Å². The first-order valence-electron chi connectivity index (χ1n) is 5.40. The van der Waals surface area contributed by atoms with Crippen molar-refractivity contribution in [1.82, 2.24) is 9.78 Å². The van der Waals surface area contributed by atoms with E-state index in [1.807, 2.05) is 24.9 Å². The van der Waals surface area contributed by atoms with Crippen molar-refractivity contribution in [2.24, 2.45) is 12.8 Å². The molecule has 0 fully saturated rings. The molecule has 0 amide bonds. The van der Waals surface area contributed by atoms with Gasteiger partial charge in [-0.1, -0.05) is 29.8 Å². The van der Waals surface area contributed by atoms with Gasteiger partial charge in [-0.25, -0.2) is 0 Å². The number of rotatable bonds is 2. The second-order valence-electron chi connectivity index (χ2n) is 4.20. The molecule has 0 aliphatic rings. The van der Waals surface area contributed by atoms with Crippen molar-refractivity contribution in [2.75, 3.05) is 0 Å². The lowest BCUT2D eigenvalue weighted by atomic mass is 9.99. The third-order valence-corrected chi connectivity index (χ3v) is 3.04. The number of hydrogen-bond donors (Lipinski definition) is 1. The Bertz CT molecular complexity index is 482. The summed E-state index contributed by atoms with van der Waals surface area (Å²) in [5.41, 5.74) is 10.8. The molecule has 2 aromatic rings. The first kappa shape index (κ1) is 10.9. The molecule has 1 aromatic heterocycles. The highest BCUT2D eigenvalue weighted by atomic mass is 15.3. The van der Waals surface area contributed by atoms with E-state index in [1.54, 1.807) is 0 Å². The van der Waals surface area contributed by atoms with Gasteiger partial charge in [0, 0.05) is 18.3 Å². The van der Waals surface area contributed by atoms with E-state index < -0.39 is 0 Å². The van der Waals surface area contributed by atoms with E-state index in [9.17, 15) is 0 Å². The molecule has 1 heterocycles. The average Bonchev–Trinajstić information content (AvgIpc) is 2.60. The lowest BCUT2D eigenvalue weighted by Crippen LogP contribution is -2.12. The average molecular weight is 215 g/mol. The first-order valence-corrected chi connectivity index (χ1v) is 5.40. The topological polar surface area (TPSA) is 43.8 Å². The van der Waals surface area contributed by atoms with Crippen LogP contribution < -0.4 is 5.73 Å². The molecular formula is C13H17N3. The summed E-state index contributed by atoms with van der Waals surface area (Å²) in [5, 5.41) is 4.22. The molecule has 2 rings (SSSR count). The Kier molecular flexibility index (Phi) is 2.79. The number of nitrogens with zero attached hydrogens (tertiary/aromatic N) is 2. The zero-order valence-electron chi connectivity index (χ0n) is 9.94. The minimum absolute atomic E-state index is 0.0886. The molecule has 2 N–H and O–H groups in total. The summed E-state index contributed by atoms with van der Waals surface area (Å²) in [6.07, 6.45) is 1.85. The molecule has 0 radical (unpaired) electrons. The maximum atomic E-state index is 6.23. The number of nitrogens with two attached hydrogens (primary N) is 1. The summed E-state index contributed by atoms with van der Waals surface area (Å²) in [6, 6.07) is 8.23. The monoisotopic (exact) mass is 215 g/mol. The van der Waals surface area contributed by atoms with E-state index in [1.165, 1.54) is 5.56 Å². The Labute approximate surface area is 95.9 Å². The van der Waals surface area contributed by atoms with Crippen molar-refractivity contribution >= 4 is 0 Å². The predicted octanol–water partition coefficient (Wildman–Crippen LogP) is 2.09. The van der Waals surface area contributed by atoms with Crippen LogP contribution in [0.5, 0.6) is 0 Å². The maximum Gasteiger partial charge on any atom is 0.0585 e. The van der Waals surface area contributed by atoms with E-state index in [4.69, 9.17) is 5.73 Å². The van der Waals surface area contributed by atoms with Gasteiger partial charge in [0.15, 0.2) is 0 Å². The van der Waals surface area contributed by atoms with Crippen LogP contribution in [0, 0.1) is 13.8 Å². The van der Waals surface area contributed by atoms with Crippen molar-refractivity contribution in [3.05, 3.63) is 52.8 Å².